The van der Waals surface area contributed by atoms with E-state index in [2.05, 4.69) is 49.4 Å². The molecule has 0 amide bonds. The second-order valence-electron chi connectivity index (χ2n) is 8.22. The molecule has 1 saturated heterocycles. The van der Waals surface area contributed by atoms with Crippen molar-refractivity contribution in [1.82, 2.24) is 30.3 Å². The summed E-state index contributed by atoms with van der Waals surface area (Å²) >= 11 is 0. The van der Waals surface area contributed by atoms with Gasteiger partial charge in [0.1, 0.15) is 18.1 Å². The molecule has 4 rings (SSSR count). The molecule has 1 aromatic heterocycles. The Balaban J connectivity index is 0.00000289. The zero-order valence-corrected chi connectivity index (χ0v) is 21.5. The minimum Gasteiger partial charge on any atom is -0.496 e. The highest BCUT2D eigenvalue weighted by Gasteiger charge is 2.26. The van der Waals surface area contributed by atoms with Gasteiger partial charge in [-0.2, -0.15) is 0 Å². The van der Waals surface area contributed by atoms with Crippen molar-refractivity contribution >= 4 is 29.9 Å². The van der Waals surface area contributed by atoms with Gasteiger partial charge in [-0.25, -0.2) is 4.99 Å². The van der Waals surface area contributed by atoms with Crippen molar-refractivity contribution in [1.29, 1.82) is 0 Å². The molecule has 9 heteroatoms. The molecular weight excluding hydrogens is 517 g/mol. The Hall–Kier alpha value is -1.88. The fourth-order valence-corrected chi connectivity index (χ4v) is 4.60. The summed E-state index contributed by atoms with van der Waals surface area (Å²) in [4.78, 5) is 7.37. The van der Waals surface area contributed by atoms with Gasteiger partial charge < -0.3 is 19.9 Å². The number of benzene rings is 1. The van der Waals surface area contributed by atoms with Gasteiger partial charge in [0, 0.05) is 31.6 Å². The highest BCUT2D eigenvalue weighted by Crippen LogP contribution is 2.31. The fourth-order valence-electron chi connectivity index (χ4n) is 4.60. The van der Waals surface area contributed by atoms with E-state index >= 15 is 0 Å². The molecule has 32 heavy (non-hydrogen) atoms. The summed E-state index contributed by atoms with van der Waals surface area (Å²) in [6, 6.07) is 8.58. The van der Waals surface area contributed by atoms with Gasteiger partial charge in [-0.15, -0.1) is 34.2 Å². The van der Waals surface area contributed by atoms with Gasteiger partial charge in [-0.05, 0) is 51.8 Å². The van der Waals surface area contributed by atoms with Gasteiger partial charge >= 0.3 is 0 Å². The van der Waals surface area contributed by atoms with Gasteiger partial charge in [-0.3, -0.25) is 4.90 Å². The lowest BCUT2D eigenvalue weighted by Gasteiger charge is -2.30. The van der Waals surface area contributed by atoms with Gasteiger partial charge in [-0.1, -0.05) is 18.2 Å². The third-order valence-corrected chi connectivity index (χ3v) is 6.20. The summed E-state index contributed by atoms with van der Waals surface area (Å²) < 4.78 is 7.91. The molecule has 176 valence electrons. The van der Waals surface area contributed by atoms with E-state index in [1.165, 1.54) is 31.2 Å². The molecule has 2 aromatic rings. The number of hydrogen-bond donors (Lipinski definition) is 2. The molecular formula is C23H36IN7O. The normalized spacial score (nSPS) is 17.4. The van der Waals surface area contributed by atoms with Crippen LogP contribution in [0.1, 0.15) is 55.9 Å². The lowest BCUT2D eigenvalue weighted by molar-refractivity contribution is 0.239. The van der Waals surface area contributed by atoms with Gasteiger partial charge in [0.05, 0.1) is 13.2 Å². The average Bonchev–Trinajstić information content (AvgIpc) is 3.48. The van der Waals surface area contributed by atoms with Crippen molar-refractivity contribution < 1.29 is 4.74 Å². The number of ether oxygens (including phenoxy) is 1. The summed E-state index contributed by atoms with van der Waals surface area (Å²) in [6.45, 7) is 7.44. The number of rotatable bonds is 8. The van der Waals surface area contributed by atoms with Gasteiger partial charge in [0.15, 0.2) is 11.8 Å². The number of likely N-dealkylation sites (tertiary alicyclic amines) is 1. The Kier molecular flexibility index (Phi) is 9.58. The molecule has 0 radical (unpaired) electrons. The first kappa shape index (κ1) is 24.8. The standard InChI is InChI=1S/C23H35N7O.HI/c1-3-24-23(26-17-22-28-27-21-12-6-7-15-30(21)22)25-16-19(29-13-8-9-14-29)18-10-4-5-11-20(18)31-2;/h4-5,10-11,19H,3,6-9,12-17H2,1-2H3,(H2,24,25,26);1H. The highest BCUT2D eigenvalue weighted by atomic mass is 127. The van der Waals surface area contributed by atoms with Crippen LogP contribution in [0.15, 0.2) is 29.3 Å². The van der Waals surface area contributed by atoms with Crippen LogP contribution in [0, 0.1) is 0 Å². The Labute approximate surface area is 208 Å². The number of para-hydroxylation sites is 1. The maximum absolute atomic E-state index is 5.67. The van der Waals surface area contributed by atoms with Crippen molar-refractivity contribution in [2.75, 3.05) is 33.3 Å². The largest absolute Gasteiger partial charge is 0.496 e. The lowest BCUT2D eigenvalue weighted by atomic mass is 10.0. The minimum atomic E-state index is 0. The first-order chi connectivity index (χ1) is 15.3. The van der Waals surface area contributed by atoms with E-state index < -0.39 is 0 Å². The zero-order valence-electron chi connectivity index (χ0n) is 19.2. The van der Waals surface area contributed by atoms with E-state index in [9.17, 15) is 0 Å². The SMILES string of the molecule is CCNC(=NCc1nnc2n1CCCC2)NCC(c1ccccc1OC)N1CCCC1.I. The zero-order chi connectivity index (χ0) is 21.5. The van der Waals surface area contributed by atoms with Crippen LogP contribution in [0.25, 0.3) is 0 Å². The predicted octanol–water partition coefficient (Wildman–Crippen LogP) is 3.13. The molecule has 2 aliphatic heterocycles. The number of aryl methyl sites for hydroxylation is 1. The van der Waals surface area contributed by atoms with Crippen LogP contribution >= 0.6 is 24.0 Å². The third-order valence-electron chi connectivity index (χ3n) is 6.20. The molecule has 2 N–H and O–H groups in total. The van der Waals surface area contributed by atoms with Crippen LogP contribution in [-0.4, -0.2) is 58.9 Å². The van der Waals surface area contributed by atoms with Crippen LogP contribution in [0.5, 0.6) is 5.75 Å². The number of guanidine groups is 1. The molecule has 1 fully saturated rings. The molecule has 1 atom stereocenters. The second kappa shape index (κ2) is 12.4. The average molecular weight is 553 g/mol. The van der Waals surface area contributed by atoms with E-state index in [1.54, 1.807) is 7.11 Å². The summed E-state index contributed by atoms with van der Waals surface area (Å²) in [5, 5.41) is 15.7. The second-order valence-corrected chi connectivity index (χ2v) is 8.22. The van der Waals surface area contributed by atoms with Crippen molar-refractivity contribution in [3.8, 4) is 5.75 Å². The number of hydrogen-bond acceptors (Lipinski definition) is 5. The van der Waals surface area contributed by atoms with Crippen LogP contribution in [0.4, 0.5) is 0 Å². The van der Waals surface area contributed by atoms with E-state index in [1.807, 2.05) is 12.1 Å². The Morgan fingerprint density at radius 1 is 1.09 bits per heavy atom. The molecule has 1 unspecified atom stereocenters. The molecule has 0 bridgehead atoms. The highest BCUT2D eigenvalue weighted by molar-refractivity contribution is 14.0. The first-order valence-electron chi connectivity index (χ1n) is 11.6. The van der Waals surface area contributed by atoms with E-state index in [-0.39, 0.29) is 30.0 Å². The smallest absolute Gasteiger partial charge is 0.191 e. The molecule has 0 aliphatic carbocycles. The molecule has 0 spiro atoms. The lowest BCUT2D eigenvalue weighted by Crippen LogP contribution is -2.42. The number of fused-ring (bicyclic) bond motifs is 1. The van der Waals surface area contributed by atoms with Gasteiger partial charge in [0.2, 0.25) is 0 Å². The van der Waals surface area contributed by atoms with Crippen molar-refractivity contribution in [3.05, 3.63) is 41.5 Å². The molecule has 3 heterocycles. The van der Waals surface area contributed by atoms with Crippen LogP contribution in [0.3, 0.4) is 0 Å². The molecule has 8 nitrogen and oxygen atoms in total. The number of aliphatic imine (C=N–C) groups is 1. The Bertz CT molecular complexity index is 879. The fraction of sp³-hybridized carbons (Fsp3) is 0.609. The summed E-state index contributed by atoms with van der Waals surface area (Å²) in [5.41, 5.74) is 1.22. The number of methoxy groups -OCH3 is 1. The Morgan fingerprint density at radius 2 is 1.88 bits per heavy atom. The number of nitrogens with zero attached hydrogens (tertiary/aromatic N) is 5. The van der Waals surface area contributed by atoms with Crippen LogP contribution in [-0.2, 0) is 19.5 Å². The maximum atomic E-state index is 5.67. The first-order valence-corrected chi connectivity index (χ1v) is 11.6. The third kappa shape index (κ3) is 5.92. The van der Waals surface area contributed by atoms with Crippen molar-refractivity contribution in [2.24, 2.45) is 4.99 Å². The molecule has 0 saturated carbocycles. The van der Waals surface area contributed by atoms with Crippen molar-refractivity contribution in [3.63, 3.8) is 0 Å². The van der Waals surface area contributed by atoms with E-state index in [0.717, 1.165) is 62.5 Å². The predicted molar refractivity (Wildman–Crippen MR) is 138 cm³/mol. The summed E-state index contributed by atoms with van der Waals surface area (Å²) in [7, 11) is 1.75. The number of halogens is 1. The quantitative estimate of drug-likeness (QED) is 0.297. The topological polar surface area (TPSA) is 79.6 Å². The summed E-state index contributed by atoms with van der Waals surface area (Å²) in [5.74, 6) is 3.81. The Morgan fingerprint density at radius 3 is 2.66 bits per heavy atom. The van der Waals surface area contributed by atoms with Gasteiger partial charge in [0.25, 0.3) is 0 Å². The van der Waals surface area contributed by atoms with E-state index in [0.29, 0.717) is 6.54 Å². The molecule has 1 aromatic carbocycles. The molecule has 2 aliphatic rings. The number of aromatic nitrogens is 3. The van der Waals surface area contributed by atoms with Crippen LogP contribution < -0.4 is 15.4 Å². The number of nitrogens with one attached hydrogen (secondary N) is 2. The van der Waals surface area contributed by atoms with Crippen molar-refractivity contribution in [2.45, 2.75) is 58.2 Å². The minimum absolute atomic E-state index is 0. The maximum Gasteiger partial charge on any atom is 0.191 e. The monoisotopic (exact) mass is 553 g/mol. The summed E-state index contributed by atoms with van der Waals surface area (Å²) in [6.07, 6.45) is 5.91. The van der Waals surface area contributed by atoms with Crippen LogP contribution in [0.2, 0.25) is 0 Å². The van der Waals surface area contributed by atoms with E-state index in [4.69, 9.17) is 9.73 Å².